The average Bonchev–Trinajstić information content (AvgIpc) is 2.45. The molecule has 0 unspecified atom stereocenters. The minimum atomic E-state index is -0.550. The number of nitro groups is 1. The van der Waals surface area contributed by atoms with Crippen LogP contribution in [-0.4, -0.2) is 17.0 Å². The molecule has 1 aromatic heterocycles. The lowest BCUT2D eigenvalue weighted by Gasteiger charge is -2.18. The minimum Gasteiger partial charge on any atom is -0.329 e. The summed E-state index contributed by atoms with van der Waals surface area (Å²) in [4.78, 5) is 15.9. The lowest BCUT2D eigenvalue weighted by Crippen LogP contribution is -2.15. The molecule has 1 aromatic carbocycles. The molecule has 0 atom stereocenters. The first-order valence-electron chi connectivity index (χ1n) is 5.63. The second-order valence-electron chi connectivity index (χ2n) is 4.01. The van der Waals surface area contributed by atoms with Gasteiger partial charge in [0.2, 0.25) is 0 Å². The smallest absolute Gasteiger partial charge is 0.276 e. The van der Waals surface area contributed by atoms with Crippen LogP contribution >= 0.6 is 0 Å². The summed E-state index contributed by atoms with van der Waals surface area (Å²) in [7, 11) is 1.63. The van der Waals surface area contributed by atoms with E-state index in [1.165, 1.54) is 29.2 Å². The van der Waals surface area contributed by atoms with E-state index < -0.39 is 10.7 Å². The first-order valence-corrected chi connectivity index (χ1v) is 5.63. The summed E-state index contributed by atoms with van der Waals surface area (Å²) in [5.74, 6) is 5.26. The van der Waals surface area contributed by atoms with Gasteiger partial charge in [0.15, 0.2) is 0 Å². The molecule has 0 saturated carbocycles. The lowest BCUT2D eigenvalue weighted by molar-refractivity contribution is -0.384. The highest BCUT2D eigenvalue weighted by Gasteiger charge is 2.14. The van der Waals surface area contributed by atoms with Crippen LogP contribution in [0.3, 0.4) is 0 Å². The quantitative estimate of drug-likeness (QED) is 0.505. The van der Waals surface area contributed by atoms with Crippen molar-refractivity contribution in [3.05, 3.63) is 52.3 Å². The summed E-state index contributed by atoms with van der Waals surface area (Å²) in [5.41, 5.74) is 2.62. The van der Waals surface area contributed by atoms with E-state index in [1.807, 2.05) is 0 Å². The monoisotopic (exact) mass is 277 g/mol. The molecule has 104 valence electrons. The van der Waals surface area contributed by atoms with Crippen molar-refractivity contribution in [2.75, 3.05) is 17.4 Å². The Morgan fingerprint density at radius 2 is 2.15 bits per heavy atom. The highest BCUT2D eigenvalue weighted by molar-refractivity contribution is 5.64. The van der Waals surface area contributed by atoms with Crippen LogP contribution in [0.4, 0.5) is 27.4 Å². The number of nitrogens with zero attached hydrogens (tertiary/aromatic N) is 3. The van der Waals surface area contributed by atoms with Gasteiger partial charge in [-0.2, -0.15) is 0 Å². The zero-order chi connectivity index (χ0) is 14.7. The third-order valence-electron chi connectivity index (χ3n) is 2.69. The Hall–Kier alpha value is -2.74. The summed E-state index contributed by atoms with van der Waals surface area (Å²) >= 11 is 0. The fourth-order valence-corrected chi connectivity index (χ4v) is 1.67. The van der Waals surface area contributed by atoms with Gasteiger partial charge in [-0.3, -0.25) is 10.1 Å². The summed E-state index contributed by atoms with van der Waals surface area (Å²) in [6.45, 7) is 0. The number of nitrogens with two attached hydrogens (primary N) is 1. The maximum absolute atomic E-state index is 13.2. The van der Waals surface area contributed by atoms with E-state index in [0.29, 0.717) is 5.69 Å². The molecule has 7 nitrogen and oxygen atoms in total. The van der Waals surface area contributed by atoms with E-state index in [9.17, 15) is 14.5 Å². The van der Waals surface area contributed by atoms with Gasteiger partial charge in [0.25, 0.3) is 5.69 Å². The number of pyridine rings is 1. The topological polar surface area (TPSA) is 97.3 Å². The third-order valence-corrected chi connectivity index (χ3v) is 2.69. The maximum Gasteiger partial charge on any atom is 0.276 e. The Balaban J connectivity index is 2.45. The van der Waals surface area contributed by atoms with Crippen molar-refractivity contribution in [2.45, 2.75) is 0 Å². The molecule has 2 aromatic rings. The number of halogens is 1. The molecule has 0 amide bonds. The molecule has 0 aliphatic rings. The Labute approximate surface area is 114 Å². The van der Waals surface area contributed by atoms with Crippen LogP contribution in [0.2, 0.25) is 0 Å². The highest BCUT2D eigenvalue weighted by Crippen LogP contribution is 2.27. The Bertz CT molecular complexity index is 649. The fraction of sp³-hybridized carbons (Fsp3) is 0.0833. The molecule has 20 heavy (non-hydrogen) atoms. The SMILES string of the molecule is CN(c1cccc(F)c1)c1cc([N+](=O)[O-])cc(NN)n1. The first-order chi connectivity index (χ1) is 9.51. The summed E-state index contributed by atoms with van der Waals surface area (Å²) in [6.07, 6.45) is 0. The molecular formula is C12H12FN5O2. The van der Waals surface area contributed by atoms with Crippen molar-refractivity contribution >= 4 is 23.0 Å². The predicted molar refractivity (Wildman–Crippen MR) is 73.2 cm³/mol. The van der Waals surface area contributed by atoms with Gasteiger partial charge in [-0.25, -0.2) is 15.2 Å². The largest absolute Gasteiger partial charge is 0.329 e. The van der Waals surface area contributed by atoms with Crippen molar-refractivity contribution in [3.8, 4) is 0 Å². The Kier molecular flexibility index (Phi) is 3.76. The van der Waals surface area contributed by atoms with Crippen molar-refractivity contribution in [1.82, 2.24) is 4.98 Å². The van der Waals surface area contributed by atoms with Crippen molar-refractivity contribution < 1.29 is 9.31 Å². The van der Waals surface area contributed by atoms with E-state index in [-0.39, 0.29) is 17.3 Å². The van der Waals surface area contributed by atoms with E-state index in [1.54, 1.807) is 19.2 Å². The number of hydrogen-bond acceptors (Lipinski definition) is 6. The van der Waals surface area contributed by atoms with Gasteiger partial charge < -0.3 is 10.3 Å². The first kappa shape index (κ1) is 13.7. The predicted octanol–water partition coefficient (Wildman–Crippen LogP) is 2.18. The van der Waals surface area contributed by atoms with Crippen LogP contribution in [-0.2, 0) is 0 Å². The number of nitrogens with one attached hydrogen (secondary N) is 1. The fourth-order valence-electron chi connectivity index (χ4n) is 1.67. The summed E-state index contributed by atoms with van der Waals surface area (Å²) in [5, 5.41) is 10.9. The highest BCUT2D eigenvalue weighted by atomic mass is 19.1. The molecule has 0 spiro atoms. The van der Waals surface area contributed by atoms with Gasteiger partial charge in [-0.1, -0.05) is 6.07 Å². The number of benzene rings is 1. The van der Waals surface area contributed by atoms with E-state index >= 15 is 0 Å². The summed E-state index contributed by atoms with van der Waals surface area (Å²) < 4.78 is 13.2. The zero-order valence-corrected chi connectivity index (χ0v) is 10.6. The Morgan fingerprint density at radius 1 is 1.40 bits per heavy atom. The van der Waals surface area contributed by atoms with Crippen molar-refractivity contribution in [1.29, 1.82) is 0 Å². The maximum atomic E-state index is 13.2. The number of aromatic nitrogens is 1. The number of hydrazine groups is 1. The third kappa shape index (κ3) is 2.81. The molecule has 0 aliphatic heterocycles. The van der Waals surface area contributed by atoms with Gasteiger partial charge in [-0.15, -0.1) is 0 Å². The molecule has 3 N–H and O–H groups in total. The minimum absolute atomic E-state index is 0.150. The standard InChI is InChI=1S/C12H12FN5O2/c1-17(9-4-2-3-8(13)5-9)12-7-10(18(19)20)6-11(15-12)16-14/h2-7H,14H2,1H3,(H,15,16). The molecule has 0 fully saturated rings. The average molecular weight is 277 g/mol. The number of nitrogen functional groups attached to an aromatic ring is 1. The Morgan fingerprint density at radius 3 is 2.75 bits per heavy atom. The molecule has 0 radical (unpaired) electrons. The molecule has 0 aliphatic carbocycles. The van der Waals surface area contributed by atoms with Gasteiger partial charge in [0.05, 0.1) is 17.1 Å². The van der Waals surface area contributed by atoms with Crippen molar-refractivity contribution in [2.24, 2.45) is 5.84 Å². The van der Waals surface area contributed by atoms with E-state index in [0.717, 1.165) is 0 Å². The van der Waals surface area contributed by atoms with Crippen LogP contribution in [0.1, 0.15) is 0 Å². The zero-order valence-electron chi connectivity index (χ0n) is 10.6. The summed E-state index contributed by atoms with van der Waals surface area (Å²) in [6, 6.07) is 8.32. The molecule has 8 heteroatoms. The molecule has 0 saturated heterocycles. The lowest BCUT2D eigenvalue weighted by atomic mass is 10.2. The second kappa shape index (κ2) is 5.49. The van der Waals surface area contributed by atoms with Crippen molar-refractivity contribution in [3.63, 3.8) is 0 Å². The molecule has 2 rings (SSSR count). The van der Waals surface area contributed by atoms with Crippen LogP contribution < -0.4 is 16.2 Å². The van der Waals surface area contributed by atoms with Crippen LogP contribution in [0.15, 0.2) is 36.4 Å². The number of hydrogen-bond donors (Lipinski definition) is 2. The van der Waals surface area contributed by atoms with E-state index in [4.69, 9.17) is 5.84 Å². The normalized spacial score (nSPS) is 10.2. The van der Waals surface area contributed by atoms with Gasteiger partial charge in [0.1, 0.15) is 17.5 Å². The van der Waals surface area contributed by atoms with Crippen LogP contribution in [0.5, 0.6) is 0 Å². The van der Waals surface area contributed by atoms with E-state index in [2.05, 4.69) is 10.4 Å². The number of anilines is 3. The van der Waals surface area contributed by atoms with Gasteiger partial charge in [0, 0.05) is 12.7 Å². The van der Waals surface area contributed by atoms with Gasteiger partial charge in [-0.05, 0) is 18.2 Å². The second-order valence-corrected chi connectivity index (χ2v) is 4.01. The number of rotatable bonds is 4. The van der Waals surface area contributed by atoms with Crippen LogP contribution in [0.25, 0.3) is 0 Å². The van der Waals surface area contributed by atoms with Gasteiger partial charge >= 0.3 is 0 Å². The molecule has 0 bridgehead atoms. The van der Waals surface area contributed by atoms with Crippen LogP contribution in [0, 0.1) is 15.9 Å². The molecular weight excluding hydrogens is 265 g/mol. The molecule has 1 heterocycles.